The first kappa shape index (κ1) is 27.2. The molecule has 4 aromatic carbocycles. The van der Waals surface area contributed by atoms with Crippen molar-refractivity contribution < 1.29 is 4.74 Å². The molecule has 0 amide bonds. The Labute approximate surface area is 253 Å². The number of benzene rings is 4. The Kier molecular flexibility index (Phi) is 6.65. The van der Waals surface area contributed by atoms with Gasteiger partial charge in [0.1, 0.15) is 6.61 Å². The Morgan fingerprint density at radius 3 is 2.23 bits per heavy atom. The molecule has 0 fully saturated rings. The van der Waals surface area contributed by atoms with E-state index in [1.165, 1.54) is 16.3 Å². The third-order valence-corrected chi connectivity index (χ3v) is 8.57. The summed E-state index contributed by atoms with van der Waals surface area (Å²) in [4.78, 5) is 9.78. The summed E-state index contributed by atoms with van der Waals surface area (Å²) in [6.07, 6.45) is 1.93. The van der Waals surface area contributed by atoms with Crippen LogP contribution in [0.2, 0.25) is 0 Å². The number of rotatable bonds is 5. The number of aromatic nitrogens is 2. The number of ether oxygens (including phenoxy) is 1. The lowest BCUT2D eigenvalue weighted by Gasteiger charge is -2.19. The SMILES string of the molecule is CC(C)[C@@H]1COC(c2cc(-c3ccccc3)cc(-n3c4ccccc4c4ccc(-c5cc(C(C)(C)C)ccn5)cc43)c2)=N1. The molecule has 3 heterocycles. The van der Waals surface area contributed by atoms with Gasteiger partial charge in [-0.25, -0.2) is 4.99 Å². The fourth-order valence-corrected chi connectivity index (χ4v) is 6.01. The van der Waals surface area contributed by atoms with Gasteiger partial charge >= 0.3 is 0 Å². The second-order valence-electron chi connectivity index (χ2n) is 13.0. The van der Waals surface area contributed by atoms with Crippen molar-refractivity contribution in [2.45, 2.75) is 46.1 Å². The maximum Gasteiger partial charge on any atom is 0.216 e. The lowest BCUT2D eigenvalue weighted by molar-refractivity contribution is 0.292. The summed E-state index contributed by atoms with van der Waals surface area (Å²) in [5, 5.41) is 2.44. The van der Waals surface area contributed by atoms with Crippen molar-refractivity contribution in [2.24, 2.45) is 10.9 Å². The van der Waals surface area contributed by atoms with Crippen LogP contribution in [0.3, 0.4) is 0 Å². The highest BCUT2D eigenvalue weighted by atomic mass is 16.5. The normalized spacial score (nSPS) is 15.3. The minimum absolute atomic E-state index is 0.0462. The van der Waals surface area contributed by atoms with Crippen molar-refractivity contribution in [1.29, 1.82) is 0 Å². The monoisotopic (exact) mass is 563 g/mol. The average molecular weight is 564 g/mol. The van der Waals surface area contributed by atoms with Crippen molar-refractivity contribution in [3.8, 4) is 28.1 Å². The van der Waals surface area contributed by atoms with Crippen molar-refractivity contribution in [3.05, 3.63) is 120 Å². The number of nitrogens with zero attached hydrogens (tertiary/aromatic N) is 3. The molecule has 214 valence electrons. The maximum atomic E-state index is 6.20. The minimum Gasteiger partial charge on any atom is -0.475 e. The van der Waals surface area contributed by atoms with Crippen LogP contribution in [0.4, 0.5) is 0 Å². The van der Waals surface area contributed by atoms with Crippen LogP contribution in [0.25, 0.3) is 49.9 Å². The summed E-state index contributed by atoms with van der Waals surface area (Å²) in [6.45, 7) is 11.8. The number of hydrogen-bond acceptors (Lipinski definition) is 3. The third kappa shape index (κ3) is 5.01. The number of fused-ring (bicyclic) bond motifs is 3. The largest absolute Gasteiger partial charge is 0.475 e. The highest BCUT2D eigenvalue weighted by Crippen LogP contribution is 2.37. The van der Waals surface area contributed by atoms with Gasteiger partial charge in [-0.05, 0) is 70.5 Å². The van der Waals surface area contributed by atoms with Crippen LogP contribution in [0.1, 0.15) is 45.7 Å². The van der Waals surface area contributed by atoms with Gasteiger partial charge in [-0.2, -0.15) is 0 Å². The molecular weight excluding hydrogens is 526 g/mol. The van der Waals surface area contributed by atoms with Gasteiger partial charge < -0.3 is 9.30 Å². The van der Waals surface area contributed by atoms with Gasteiger partial charge in [0.05, 0.1) is 22.8 Å². The molecule has 0 saturated carbocycles. The molecule has 0 spiro atoms. The van der Waals surface area contributed by atoms with E-state index in [1.54, 1.807) is 0 Å². The molecule has 0 saturated heterocycles. The molecule has 7 rings (SSSR count). The lowest BCUT2D eigenvalue weighted by atomic mass is 9.87. The lowest BCUT2D eigenvalue weighted by Crippen LogP contribution is -2.13. The number of para-hydroxylation sites is 1. The Morgan fingerprint density at radius 2 is 1.47 bits per heavy atom. The van der Waals surface area contributed by atoms with Gasteiger partial charge in [-0.15, -0.1) is 0 Å². The van der Waals surface area contributed by atoms with Crippen LogP contribution in [-0.2, 0) is 10.2 Å². The topological polar surface area (TPSA) is 39.4 Å². The van der Waals surface area contributed by atoms with E-state index in [-0.39, 0.29) is 11.5 Å². The summed E-state index contributed by atoms with van der Waals surface area (Å²) in [5.41, 5.74) is 10.1. The Morgan fingerprint density at radius 1 is 0.721 bits per heavy atom. The molecule has 0 N–H and O–H groups in total. The highest BCUT2D eigenvalue weighted by Gasteiger charge is 2.24. The molecule has 2 aromatic heterocycles. The number of pyridine rings is 1. The van der Waals surface area contributed by atoms with Crippen molar-refractivity contribution in [3.63, 3.8) is 0 Å². The Hall–Kier alpha value is -4.70. The number of hydrogen-bond donors (Lipinski definition) is 0. The zero-order valence-electron chi connectivity index (χ0n) is 25.5. The molecule has 0 bridgehead atoms. The summed E-state index contributed by atoms with van der Waals surface area (Å²) < 4.78 is 8.58. The van der Waals surface area contributed by atoms with Crippen LogP contribution < -0.4 is 0 Å². The molecule has 1 aliphatic heterocycles. The molecule has 43 heavy (non-hydrogen) atoms. The fourth-order valence-electron chi connectivity index (χ4n) is 6.01. The summed E-state index contributed by atoms with van der Waals surface area (Å²) in [6, 6.07) is 37.2. The van der Waals surface area contributed by atoms with Gasteiger partial charge in [-0.1, -0.05) is 95.3 Å². The summed E-state index contributed by atoms with van der Waals surface area (Å²) in [7, 11) is 0. The van der Waals surface area contributed by atoms with Gasteiger partial charge in [0.2, 0.25) is 5.90 Å². The Balaban J connectivity index is 1.47. The minimum atomic E-state index is 0.0462. The second kappa shape index (κ2) is 10.5. The molecule has 4 heteroatoms. The first-order chi connectivity index (χ1) is 20.8. The molecule has 6 aromatic rings. The van der Waals surface area contributed by atoms with Crippen molar-refractivity contribution in [1.82, 2.24) is 9.55 Å². The number of aliphatic imine (C=N–C) groups is 1. The van der Waals surface area contributed by atoms with E-state index >= 15 is 0 Å². The first-order valence-corrected chi connectivity index (χ1v) is 15.2. The van der Waals surface area contributed by atoms with E-state index in [4.69, 9.17) is 14.7 Å². The zero-order chi connectivity index (χ0) is 29.7. The van der Waals surface area contributed by atoms with Crippen LogP contribution >= 0.6 is 0 Å². The zero-order valence-corrected chi connectivity index (χ0v) is 25.5. The van der Waals surface area contributed by atoms with Crippen molar-refractivity contribution in [2.75, 3.05) is 6.61 Å². The van der Waals surface area contributed by atoms with Crippen LogP contribution in [0, 0.1) is 5.92 Å². The predicted molar refractivity (Wildman–Crippen MR) is 179 cm³/mol. The molecule has 0 unspecified atom stereocenters. The summed E-state index contributed by atoms with van der Waals surface area (Å²) >= 11 is 0. The van der Waals surface area contributed by atoms with Crippen LogP contribution in [0.15, 0.2) is 114 Å². The van der Waals surface area contributed by atoms with Gasteiger partial charge in [0.25, 0.3) is 0 Å². The predicted octanol–water partition coefficient (Wildman–Crippen LogP) is 9.61. The smallest absolute Gasteiger partial charge is 0.216 e. The third-order valence-electron chi connectivity index (χ3n) is 8.57. The van der Waals surface area contributed by atoms with E-state index in [9.17, 15) is 0 Å². The van der Waals surface area contributed by atoms with E-state index in [1.807, 2.05) is 6.20 Å². The van der Waals surface area contributed by atoms with E-state index in [0.29, 0.717) is 12.5 Å². The maximum absolute atomic E-state index is 6.20. The fraction of sp³-hybridized carbons (Fsp3) is 0.231. The first-order valence-electron chi connectivity index (χ1n) is 15.2. The Bertz CT molecular complexity index is 1990. The van der Waals surface area contributed by atoms with E-state index in [0.717, 1.165) is 50.6 Å². The molecule has 0 aliphatic carbocycles. The van der Waals surface area contributed by atoms with E-state index in [2.05, 4.69) is 142 Å². The average Bonchev–Trinajstić information content (AvgIpc) is 3.65. The van der Waals surface area contributed by atoms with Crippen LogP contribution in [-0.4, -0.2) is 28.1 Å². The van der Waals surface area contributed by atoms with Gasteiger partial charge in [0, 0.05) is 33.8 Å². The standard InChI is InChI=1S/C39H37N3O/c1-25(2)35-24-43-38(41-35)29-19-28(26-11-7-6-8-12-26)20-31(21-29)42-36-14-10-9-13-32(36)33-16-15-27(22-37(33)42)34-23-30(17-18-40-34)39(3,4)5/h6-23,25,35H,24H2,1-5H3/t35-/m0/s1. The molecule has 1 atom stereocenters. The molecule has 0 radical (unpaired) electrons. The second-order valence-corrected chi connectivity index (χ2v) is 13.0. The van der Waals surface area contributed by atoms with Crippen LogP contribution in [0.5, 0.6) is 0 Å². The van der Waals surface area contributed by atoms with Gasteiger partial charge in [0.15, 0.2) is 0 Å². The quantitative estimate of drug-likeness (QED) is 0.209. The highest BCUT2D eigenvalue weighted by molar-refractivity contribution is 6.10. The van der Waals surface area contributed by atoms with E-state index < -0.39 is 0 Å². The molecule has 1 aliphatic rings. The molecular formula is C39H37N3O. The summed E-state index contributed by atoms with van der Waals surface area (Å²) in [5.74, 6) is 1.15. The molecule has 4 nitrogen and oxygen atoms in total. The van der Waals surface area contributed by atoms with Gasteiger partial charge in [-0.3, -0.25) is 4.98 Å². The van der Waals surface area contributed by atoms with Crippen molar-refractivity contribution >= 4 is 27.7 Å².